The average Bonchev–Trinajstić information content (AvgIpc) is 2.87. The highest BCUT2D eigenvalue weighted by molar-refractivity contribution is 9.10. The molecule has 6 heteroatoms. The highest BCUT2D eigenvalue weighted by atomic mass is 79.9. The molecule has 1 heterocycles. The number of thioether (sulfide) groups is 1. The Morgan fingerprint density at radius 1 is 1.30 bits per heavy atom. The molecule has 1 aromatic carbocycles. The van der Waals surface area contributed by atoms with E-state index in [2.05, 4.69) is 52.1 Å². The third-order valence-electron chi connectivity index (χ3n) is 3.04. The van der Waals surface area contributed by atoms with Crippen LogP contribution in [-0.4, -0.2) is 16.7 Å². The molecule has 0 radical (unpaired) electrons. The van der Waals surface area contributed by atoms with E-state index in [4.69, 9.17) is 10.3 Å². The molecule has 108 valence electrons. The van der Waals surface area contributed by atoms with Gasteiger partial charge in [0, 0.05) is 15.9 Å². The molecule has 0 aliphatic rings. The molecule has 0 amide bonds. The topological polar surface area (TPSA) is 64.9 Å². The van der Waals surface area contributed by atoms with Crippen LogP contribution in [0.25, 0.3) is 0 Å². The van der Waals surface area contributed by atoms with E-state index in [1.165, 1.54) is 4.90 Å². The molecule has 2 aromatic rings. The van der Waals surface area contributed by atoms with Crippen LogP contribution in [0.3, 0.4) is 0 Å². The summed E-state index contributed by atoms with van der Waals surface area (Å²) in [7, 11) is 0. The first-order valence-electron chi connectivity index (χ1n) is 6.51. The summed E-state index contributed by atoms with van der Waals surface area (Å²) in [5.74, 6) is 2.59. The largest absolute Gasteiger partial charge is 0.339 e. The number of rotatable bonds is 6. The number of halogens is 1. The Kier molecular flexibility index (Phi) is 5.63. The third-order valence-corrected chi connectivity index (χ3v) is 4.58. The van der Waals surface area contributed by atoms with Crippen molar-refractivity contribution in [3.8, 4) is 0 Å². The van der Waals surface area contributed by atoms with Gasteiger partial charge in [-0.2, -0.15) is 4.98 Å². The van der Waals surface area contributed by atoms with E-state index in [-0.39, 0.29) is 5.92 Å². The van der Waals surface area contributed by atoms with E-state index in [0.717, 1.165) is 4.47 Å². The van der Waals surface area contributed by atoms with Gasteiger partial charge in [0.1, 0.15) is 0 Å². The van der Waals surface area contributed by atoms with Gasteiger partial charge in [-0.3, -0.25) is 0 Å². The number of aromatic nitrogens is 2. The Hall–Kier alpha value is -0.850. The van der Waals surface area contributed by atoms with Crippen LogP contribution in [0.2, 0.25) is 0 Å². The maximum atomic E-state index is 5.76. The smallest absolute Gasteiger partial charge is 0.231 e. The SMILES string of the molecule is CC(C)C(CN)c1nc(CSc2ccc(Br)cc2)no1. The van der Waals surface area contributed by atoms with Crippen LogP contribution in [0, 0.1) is 5.92 Å². The fourth-order valence-corrected chi connectivity index (χ4v) is 2.82. The fourth-order valence-electron chi connectivity index (χ4n) is 1.81. The minimum absolute atomic E-state index is 0.133. The van der Waals surface area contributed by atoms with Crippen molar-refractivity contribution in [2.75, 3.05) is 6.54 Å². The fraction of sp³-hybridized carbons (Fsp3) is 0.429. The molecule has 0 saturated carbocycles. The second-order valence-electron chi connectivity index (χ2n) is 4.88. The minimum Gasteiger partial charge on any atom is -0.339 e. The molecule has 1 atom stereocenters. The summed E-state index contributed by atoms with van der Waals surface area (Å²) in [6.45, 7) is 4.75. The summed E-state index contributed by atoms with van der Waals surface area (Å²) in [4.78, 5) is 5.63. The molecule has 20 heavy (non-hydrogen) atoms. The quantitative estimate of drug-likeness (QED) is 0.797. The van der Waals surface area contributed by atoms with Crippen LogP contribution < -0.4 is 5.73 Å². The van der Waals surface area contributed by atoms with Crippen molar-refractivity contribution < 1.29 is 4.52 Å². The monoisotopic (exact) mass is 355 g/mol. The van der Waals surface area contributed by atoms with Crippen molar-refractivity contribution in [3.63, 3.8) is 0 Å². The molecule has 1 aromatic heterocycles. The van der Waals surface area contributed by atoms with Crippen molar-refractivity contribution in [2.45, 2.75) is 30.4 Å². The molecule has 0 spiro atoms. The second kappa shape index (κ2) is 7.24. The van der Waals surface area contributed by atoms with Crippen LogP contribution in [0.5, 0.6) is 0 Å². The zero-order valence-electron chi connectivity index (χ0n) is 11.5. The predicted octanol–water partition coefficient (Wildman–Crippen LogP) is 3.82. The molecule has 0 saturated heterocycles. The van der Waals surface area contributed by atoms with Crippen molar-refractivity contribution in [1.29, 1.82) is 0 Å². The lowest BCUT2D eigenvalue weighted by atomic mass is 9.96. The van der Waals surface area contributed by atoms with Crippen molar-refractivity contribution in [3.05, 3.63) is 40.5 Å². The normalized spacial score (nSPS) is 12.8. The third kappa shape index (κ3) is 4.07. The van der Waals surface area contributed by atoms with Crippen molar-refractivity contribution in [1.82, 2.24) is 10.1 Å². The summed E-state index contributed by atoms with van der Waals surface area (Å²) < 4.78 is 6.40. The first kappa shape index (κ1) is 15.5. The van der Waals surface area contributed by atoms with E-state index in [9.17, 15) is 0 Å². The molecule has 0 aliphatic heterocycles. The number of benzene rings is 1. The van der Waals surface area contributed by atoms with Gasteiger partial charge in [-0.15, -0.1) is 11.8 Å². The van der Waals surface area contributed by atoms with Gasteiger partial charge in [0.05, 0.1) is 11.7 Å². The molecular weight excluding hydrogens is 338 g/mol. The molecule has 2 N–H and O–H groups in total. The highest BCUT2D eigenvalue weighted by Crippen LogP contribution is 2.25. The lowest BCUT2D eigenvalue weighted by molar-refractivity contribution is 0.322. The summed E-state index contributed by atoms with van der Waals surface area (Å²) in [6, 6.07) is 8.17. The molecule has 0 fully saturated rings. The van der Waals surface area contributed by atoms with E-state index in [1.807, 2.05) is 12.1 Å². The molecule has 0 aliphatic carbocycles. The van der Waals surface area contributed by atoms with E-state index in [1.54, 1.807) is 11.8 Å². The number of nitrogens with zero attached hydrogens (tertiary/aromatic N) is 2. The lowest BCUT2D eigenvalue weighted by Gasteiger charge is -2.13. The predicted molar refractivity (Wildman–Crippen MR) is 84.6 cm³/mol. The van der Waals surface area contributed by atoms with E-state index in [0.29, 0.717) is 29.9 Å². The Bertz CT molecular complexity index is 542. The summed E-state index contributed by atoms with van der Waals surface area (Å²) >= 11 is 5.11. The number of hydrogen-bond acceptors (Lipinski definition) is 5. The minimum atomic E-state index is 0.133. The molecule has 0 bridgehead atoms. The van der Waals surface area contributed by atoms with Crippen molar-refractivity contribution in [2.24, 2.45) is 11.7 Å². The zero-order valence-corrected chi connectivity index (χ0v) is 13.9. The van der Waals surface area contributed by atoms with Crippen molar-refractivity contribution >= 4 is 27.7 Å². The van der Waals surface area contributed by atoms with E-state index >= 15 is 0 Å². The first-order valence-corrected chi connectivity index (χ1v) is 8.29. The van der Waals surface area contributed by atoms with E-state index < -0.39 is 0 Å². The average molecular weight is 356 g/mol. The Morgan fingerprint density at radius 3 is 2.60 bits per heavy atom. The van der Waals surface area contributed by atoms with Gasteiger partial charge < -0.3 is 10.3 Å². The van der Waals surface area contributed by atoms with Crippen LogP contribution in [0.1, 0.15) is 31.5 Å². The van der Waals surface area contributed by atoms with Crippen LogP contribution in [0.4, 0.5) is 0 Å². The van der Waals surface area contributed by atoms with Gasteiger partial charge in [-0.05, 0) is 30.2 Å². The summed E-state index contributed by atoms with van der Waals surface area (Å²) in [5, 5.41) is 4.03. The number of nitrogens with two attached hydrogens (primary N) is 1. The Balaban J connectivity index is 1.97. The van der Waals surface area contributed by atoms with Gasteiger partial charge in [0.2, 0.25) is 5.89 Å². The van der Waals surface area contributed by atoms with Gasteiger partial charge in [0.25, 0.3) is 0 Å². The standard InChI is InChI=1S/C14H18BrN3OS/c1-9(2)12(7-16)14-17-13(18-19-14)8-20-11-5-3-10(15)4-6-11/h3-6,9,12H,7-8,16H2,1-2H3. The van der Waals surface area contributed by atoms with Crippen LogP contribution in [0.15, 0.2) is 38.2 Å². The Labute approximate surface area is 131 Å². The van der Waals surface area contributed by atoms with Gasteiger partial charge >= 0.3 is 0 Å². The van der Waals surface area contributed by atoms with Gasteiger partial charge in [-0.25, -0.2) is 0 Å². The second-order valence-corrected chi connectivity index (χ2v) is 6.84. The molecule has 2 rings (SSSR count). The highest BCUT2D eigenvalue weighted by Gasteiger charge is 2.20. The zero-order chi connectivity index (χ0) is 14.5. The summed E-state index contributed by atoms with van der Waals surface area (Å²) in [5.41, 5.74) is 5.76. The van der Waals surface area contributed by atoms with Crippen LogP contribution >= 0.6 is 27.7 Å². The molecule has 1 unspecified atom stereocenters. The number of hydrogen-bond donors (Lipinski definition) is 1. The Morgan fingerprint density at radius 2 is 2.00 bits per heavy atom. The van der Waals surface area contributed by atoms with Gasteiger partial charge in [0.15, 0.2) is 5.82 Å². The first-order chi connectivity index (χ1) is 9.60. The van der Waals surface area contributed by atoms with Gasteiger partial charge in [-0.1, -0.05) is 34.9 Å². The maximum absolute atomic E-state index is 5.76. The van der Waals surface area contributed by atoms with Crippen LogP contribution in [-0.2, 0) is 5.75 Å². The molecular formula is C14H18BrN3OS. The maximum Gasteiger partial charge on any atom is 0.231 e. The lowest BCUT2D eigenvalue weighted by Crippen LogP contribution is -2.18. The summed E-state index contributed by atoms with van der Waals surface area (Å²) in [6.07, 6.45) is 0. The molecule has 4 nitrogen and oxygen atoms in total.